The highest BCUT2D eigenvalue weighted by Gasteiger charge is 2.28. The van der Waals surface area contributed by atoms with Crippen LogP contribution in [-0.4, -0.2) is 49.4 Å². The molecule has 0 bridgehead atoms. The molecule has 0 atom stereocenters. The molecule has 0 unspecified atom stereocenters. The number of fused-ring (bicyclic) bond motifs is 2. The zero-order valence-corrected chi connectivity index (χ0v) is 18.8. The van der Waals surface area contributed by atoms with Crippen molar-refractivity contribution in [1.82, 2.24) is 9.29 Å². The van der Waals surface area contributed by atoms with Crippen molar-refractivity contribution in [2.24, 2.45) is 0 Å². The summed E-state index contributed by atoms with van der Waals surface area (Å²) < 4.78 is 26.3. The van der Waals surface area contributed by atoms with Gasteiger partial charge in [0.1, 0.15) is 0 Å². The normalized spacial score (nSPS) is 17.5. The maximum atomic E-state index is 12.8. The van der Waals surface area contributed by atoms with Gasteiger partial charge in [0.25, 0.3) is 5.91 Å². The summed E-state index contributed by atoms with van der Waals surface area (Å²) in [6.07, 6.45) is 8.72. The molecule has 8 heteroatoms. The van der Waals surface area contributed by atoms with Crippen LogP contribution in [0.15, 0.2) is 23.1 Å². The number of benzene rings is 1. The number of aryl methyl sites for hydroxylation is 1. The van der Waals surface area contributed by atoms with Crippen molar-refractivity contribution in [2.75, 3.05) is 26.0 Å². The third kappa shape index (κ3) is 4.07. The Hall–Kier alpha value is -2.42. The van der Waals surface area contributed by atoms with E-state index < -0.39 is 10.0 Å². The molecule has 0 spiro atoms. The van der Waals surface area contributed by atoms with E-state index in [0.717, 1.165) is 47.7 Å². The number of hydrogen-bond donors (Lipinski definition) is 3. The largest absolute Gasteiger partial charge is 0.396 e. The molecule has 2 aromatic rings. The third-order valence-electron chi connectivity index (χ3n) is 6.12. The fraction of sp³-hybridized carbons (Fsp3) is 0.435. The van der Waals surface area contributed by atoms with Gasteiger partial charge >= 0.3 is 0 Å². The number of aromatic nitrogens is 1. The number of aliphatic hydroxyl groups excluding tert-OH is 1. The second kappa shape index (κ2) is 8.61. The van der Waals surface area contributed by atoms with Crippen molar-refractivity contribution >= 4 is 33.3 Å². The highest BCUT2D eigenvalue weighted by atomic mass is 32.2. The molecule has 0 fully saturated rings. The maximum absolute atomic E-state index is 12.8. The smallest absolute Gasteiger partial charge is 0.256 e. The Morgan fingerprint density at radius 3 is 2.68 bits per heavy atom. The van der Waals surface area contributed by atoms with Gasteiger partial charge in [-0.05, 0) is 73.9 Å². The lowest BCUT2D eigenvalue weighted by atomic mass is 9.98. The molecule has 1 aliphatic carbocycles. The van der Waals surface area contributed by atoms with Crippen LogP contribution in [0, 0.1) is 0 Å². The predicted octanol–water partition coefficient (Wildman–Crippen LogP) is 2.95. The van der Waals surface area contributed by atoms with Crippen LogP contribution in [0.1, 0.15) is 53.8 Å². The number of nitrogens with one attached hydrogen (secondary N) is 2. The third-order valence-corrected chi connectivity index (χ3v) is 7.93. The van der Waals surface area contributed by atoms with Gasteiger partial charge in [-0.2, -0.15) is 0 Å². The summed E-state index contributed by atoms with van der Waals surface area (Å²) in [6, 6.07) is 4.72. The van der Waals surface area contributed by atoms with E-state index in [1.165, 1.54) is 37.8 Å². The van der Waals surface area contributed by atoms with Gasteiger partial charge in [-0.1, -0.05) is 6.42 Å². The molecule has 1 aromatic heterocycles. The Morgan fingerprint density at radius 2 is 1.94 bits per heavy atom. The lowest BCUT2D eigenvalue weighted by Crippen LogP contribution is -2.22. The molecule has 4 rings (SSSR count). The second-order valence-corrected chi connectivity index (χ2v) is 10.5. The number of aliphatic hydroxyl groups is 1. The minimum absolute atomic E-state index is 0.116. The van der Waals surface area contributed by atoms with E-state index in [0.29, 0.717) is 23.2 Å². The highest BCUT2D eigenvalue weighted by molar-refractivity contribution is 7.89. The Morgan fingerprint density at radius 1 is 1.16 bits per heavy atom. The number of carbonyl (C=O) groups is 1. The van der Waals surface area contributed by atoms with Crippen molar-refractivity contribution in [3.63, 3.8) is 0 Å². The minimum Gasteiger partial charge on any atom is -0.396 e. The number of anilines is 1. The van der Waals surface area contributed by atoms with E-state index in [1.54, 1.807) is 12.1 Å². The number of hydrogen-bond acceptors (Lipinski definition) is 4. The van der Waals surface area contributed by atoms with Crippen LogP contribution >= 0.6 is 0 Å². The SMILES string of the molecule is CN(C)S(=O)(=O)c1ccc2c(c1)C(=Cc1[nH]c3c(c1CCCO)CCCCC3)C(=O)N2. The van der Waals surface area contributed by atoms with Crippen LogP contribution in [0.5, 0.6) is 0 Å². The van der Waals surface area contributed by atoms with Crippen molar-refractivity contribution in [3.8, 4) is 0 Å². The molecule has 2 aliphatic rings. The summed E-state index contributed by atoms with van der Waals surface area (Å²) >= 11 is 0. The first-order chi connectivity index (χ1) is 14.8. The number of aromatic amines is 1. The number of sulfonamides is 1. The van der Waals surface area contributed by atoms with Crippen LogP contribution in [0.4, 0.5) is 5.69 Å². The monoisotopic (exact) mass is 443 g/mol. The van der Waals surface area contributed by atoms with Gasteiger partial charge in [0.15, 0.2) is 0 Å². The minimum atomic E-state index is -3.61. The van der Waals surface area contributed by atoms with Gasteiger partial charge in [-0.25, -0.2) is 12.7 Å². The zero-order valence-electron chi connectivity index (χ0n) is 18.0. The first kappa shape index (κ1) is 21.8. The molecule has 2 heterocycles. The molecule has 0 saturated heterocycles. The van der Waals surface area contributed by atoms with Crippen LogP contribution in [-0.2, 0) is 34.1 Å². The topological polar surface area (TPSA) is 102 Å². The standard InChI is InChI=1S/C23H29N3O4S/c1-26(2)31(29,30)15-10-11-21-18(13-15)19(23(28)25-21)14-22-17(8-6-12-27)16-7-4-3-5-9-20(16)24-22/h10-11,13-14,24,27H,3-9,12H2,1-2H3,(H,25,28). The van der Waals surface area contributed by atoms with Crippen LogP contribution in [0.2, 0.25) is 0 Å². The van der Waals surface area contributed by atoms with Crippen LogP contribution in [0.3, 0.4) is 0 Å². The Bertz CT molecular complexity index is 1150. The molecule has 7 nitrogen and oxygen atoms in total. The molecule has 166 valence electrons. The Balaban J connectivity index is 1.81. The molecule has 0 radical (unpaired) electrons. The second-order valence-electron chi connectivity index (χ2n) is 8.37. The summed E-state index contributed by atoms with van der Waals surface area (Å²) in [5.41, 5.74) is 6.24. The van der Waals surface area contributed by atoms with E-state index in [-0.39, 0.29) is 17.4 Å². The fourth-order valence-electron chi connectivity index (χ4n) is 4.44. The van der Waals surface area contributed by atoms with Gasteiger partial charge in [-0.15, -0.1) is 0 Å². The summed E-state index contributed by atoms with van der Waals surface area (Å²) in [5, 5.41) is 12.2. The summed E-state index contributed by atoms with van der Waals surface area (Å²) in [5.74, 6) is -0.243. The Kier molecular flexibility index (Phi) is 6.05. The zero-order chi connectivity index (χ0) is 22.2. The number of carbonyl (C=O) groups excluding carboxylic acids is 1. The van der Waals surface area contributed by atoms with Gasteiger partial charge in [0, 0.05) is 43.3 Å². The molecule has 31 heavy (non-hydrogen) atoms. The summed E-state index contributed by atoms with van der Waals surface area (Å²) in [6.45, 7) is 0.116. The number of rotatable bonds is 6. The van der Waals surface area contributed by atoms with E-state index in [9.17, 15) is 18.3 Å². The van der Waals surface area contributed by atoms with E-state index >= 15 is 0 Å². The van der Waals surface area contributed by atoms with Crippen molar-refractivity contribution < 1.29 is 18.3 Å². The quantitative estimate of drug-likeness (QED) is 0.472. The average Bonchev–Trinajstić information content (AvgIpc) is 3.11. The number of nitrogens with zero attached hydrogens (tertiary/aromatic N) is 1. The molecule has 1 aromatic carbocycles. The summed E-state index contributed by atoms with van der Waals surface area (Å²) in [7, 11) is -0.631. The molecule has 1 aliphatic heterocycles. The summed E-state index contributed by atoms with van der Waals surface area (Å²) in [4.78, 5) is 16.4. The first-order valence-corrected chi connectivity index (χ1v) is 12.2. The lowest BCUT2D eigenvalue weighted by Gasteiger charge is -2.12. The van der Waals surface area contributed by atoms with E-state index in [2.05, 4.69) is 10.3 Å². The van der Waals surface area contributed by atoms with Gasteiger partial charge in [-0.3, -0.25) is 4.79 Å². The van der Waals surface area contributed by atoms with Crippen LogP contribution in [0.25, 0.3) is 11.6 Å². The van der Waals surface area contributed by atoms with Gasteiger partial charge in [0.2, 0.25) is 10.0 Å². The van der Waals surface area contributed by atoms with Gasteiger partial charge < -0.3 is 15.4 Å². The van der Waals surface area contributed by atoms with E-state index in [4.69, 9.17) is 0 Å². The van der Waals surface area contributed by atoms with E-state index in [1.807, 2.05) is 6.08 Å². The first-order valence-electron chi connectivity index (χ1n) is 10.8. The van der Waals surface area contributed by atoms with Crippen molar-refractivity contribution in [3.05, 3.63) is 46.3 Å². The van der Waals surface area contributed by atoms with Gasteiger partial charge in [0.05, 0.1) is 10.5 Å². The fourth-order valence-corrected chi connectivity index (χ4v) is 5.37. The number of H-pyrrole nitrogens is 1. The average molecular weight is 444 g/mol. The highest BCUT2D eigenvalue weighted by Crippen LogP contribution is 2.37. The molecule has 0 saturated carbocycles. The molecular weight excluding hydrogens is 414 g/mol. The number of amides is 1. The Labute approximate surface area is 183 Å². The molecular formula is C23H29N3O4S. The van der Waals surface area contributed by atoms with Crippen LogP contribution < -0.4 is 5.32 Å². The van der Waals surface area contributed by atoms with Crippen molar-refractivity contribution in [1.29, 1.82) is 0 Å². The molecule has 3 N–H and O–H groups in total. The maximum Gasteiger partial charge on any atom is 0.256 e. The molecule has 1 amide bonds. The lowest BCUT2D eigenvalue weighted by molar-refractivity contribution is -0.110. The predicted molar refractivity (Wildman–Crippen MR) is 121 cm³/mol. The van der Waals surface area contributed by atoms with Crippen molar-refractivity contribution in [2.45, 2.75) is 49.8 Å².